The Morgan fingerprint density at radius 2 is 1.92 bits per heavy atom. The van der Waals surface area contributed by atoms with Gasteiger partial charge >= 0.3 is 0 Å². The van der Waals surface area contributed by atoms with Gasteiger partial charge in [-0.15, -0.1) is 0 Å². The highest BCUT2D eigenvalue weighted by Crippen LogP contribution is 2.36. The lowest BCUT2D eigenvalue weighted by atomic mass is 10.2. The van der Waals surface area contributed by atoms with Gasteiger partial charge in [0, 0.05) is 19.0 Å². The van der Waals surface area contributed by atoms with Crippen LogP contribution in [-0.4, -0.2) is 33.9 Å². The number of benzene rings is 2. The molecule has 9 heteroatoms. The van der Waals surface area contributed by atoms with Crippen molar-refractivity contribution in [3.63, 3.8) is 0 Å². The molecule has 0 bridgehead atoms. The first-order valence-corrected chi connectivity index (χ1v) is 9.99. The molecule has 1 heterocycles. The molecule has 0 atom stereocenters. The summed E-state index contributed by atoms with van der Waals surface area (Å²) < 4.78 is 36.0. The molecule has 2 aromatic carbocycles. The summed E-state index contributed by atoms with van der Waals surface area (Å²) in [6.45, 7) is 0.0761. The zero-order chi connectivity index (χ0) is 18.7. The van der Waals surface area contributed by atoms with Crippen LogP contribution in [0.25, 0.3) is 0 Å². The van der Waals surface area contributed by atoms with Gasteiger partial charge in [0.2, 0.25) is 22.7 Å². The minimum atomic E-state index is -3.58. The van der Waals surface area contributed by atoms with E-state index in [-0.39, 0.29) is 25.7 Å². The molecule has 26 heavy (non-hydrogen) atoms. The molecule has 0 radical (unpaired) electrons. The number of nitrogens with one attached hydrogen (secondary N) is 1. The van der Waals surface area contributed by atoms with Crippen molar-refractivity contribution in [2.45, 2.75) is 6.42 Å². The molecule has 1 amide bonds. The third-order valence-electron chi connectivity index (χ3n) is 3.73. The Balaban J connectivity index is 1.72. The molecule has 7 nitrogen and oxygen atoms in total. The number of nitrogens with zero attached hydrogens (tertiary/aromatic N) is 1. The van der Waals surface area contributed by atoms with E-state index in [1.165, 1.54) is 0 Å². The highest BCUT2D eigenvalue weighted by atomic mass is 35.5. The number of ether oxygens (including phenoxy) is 2. The van der Waals surface area contributed by atoms with Gasteiger partial charge in [-0.1, -0.05) is 23.7 Å². The molecule has 1 aliphatic heterocycles. The molecule has 0 saturated heterocycles. The van der Waals surface area contributed by atoms with Crippen LogP contribution < -0.4 is 19.1 Å². The molecule has 0 aliphatic carbocycles. The molecule has 2 aromatic rings. The molecular weight excluding hydrogens is 380 g/mol. The smallest absolute Gasteiger partial charge is 0.232 e. The summed E-state index contributed by atoms with van der Waals surface area (Å²) in [5.74, 6) is 0.683. The molecule has 0 saturated carbocycles. The summed E-state index contributed by atoms with van der Waals surface area (Å²) in [7, 11) is -3.58. The number of hydrogen-bond donors (Lipinski definition) is 1. The predicted molar refractivity (Wildman–Crippen MR) is 99.5 cm³/mol. The fourth-order valence-electron chi connectivity index (χ4n) is 2.51. The van der Waals surface area contributed by atoms with Crippen LogP contribution in [0.5, 0.6) is 11.5 Å². The quantitative estimate of drug-likeness (QED) is 0.811. The van der Waals surface area contributed by atoms with Crippen molar-refractivity contribution in [2.24, 2.45) is 0 Å². The van der Waals surface area contributed by atoms with E-state index >= 15 is 0 Å². The maximum absolute atomic E-state index is 12.2. The molecule has 1 aliphatic rings. The van der Waals surface area contributed by atoms with Gasteiger partial charge < -0.3 is 14.8 Å². The lowest BCUT2D eigenvalue weighted by molar-refractivity contribution is -0.116. The van der Waals surface area contributed by atoms with E-state index in [1.54, 1.807) is 42.5 Å². The number of carbonyl (C=O) groups excluding carboxylic acids is 1. The van der Waals surface area contributed by atoms with Crippen molar-refractivity contribution >= 4 is 38.9 Å². The lowest BCUT2D eigenvalue weighted by Gasteiger charge is -2.22. The number of halogens is 1. The van der Waals surface area contributed by atoms with Crippen molar-refractivity contribution in [1.82, 2.24) is 0 Å². The molecular formula is C17H17ClN2O5S. The first-order valence-electron chi connectivity index (χ1n) is 7.76. The number of sulfonamides is 1. The van der Waals surface area contributed by atoms with Crippen LogP contribution in [0, 0.1) is 0 Å². The molecule has 0 fully saturated rings. The molecule has 0 unspecified atom stereocenters. The Bertz CT molecular complexity index is 933. The molecule has 1 N–H and O–H groups in total. The van der Waals surface area contributed by atoms with Crippen molar-refractivity contribution in [3.8, 4) is 11.5 Å². The summed E-state index contributed by atoms with van der Waals surface area (Å²) >= 11 is 6.01. The first kappa shape index (κ1) is 18.3. The van der Waals surface area contributed by atoms with E-state index < -0.39 is 10.0 Å². The number of carbonyl (C=O) groups is 1. The lowest BCUT2D eigenvalue weighted by Crippen LogP contribution is -2.33. The number of hydrogen-bond acceptors (Lipinski definition) is 5. The van der Waals surface area contributed by atoms with E-state index in [0.717, 1.165) is 10.6 Å². The fraction of sp³-hybridized carbons (Fsp3) is 0.235. The van der Waals surface area contributed by atoms with Gasteiger partial charge in [0.25, 0.3) is 0 Å². The maximum atomic E-state index is 12.2. The third-order valence-corrected chi connectivity index (χ3v) is 5.26. The second kappa shape index (κ2) is 7.43. The van der Waals surface area contributed by atoms with Crippen LogP contribution in [0.1, 0.15) is 6.42 Å². The second-order valence-corrected chi connectivity index (χ2v) is 7.96. The van der Waals surface area contributed by atoms with E-state index in [4.69, 9.17) is 21.1 Å². The van der Waals surface area contributed by atoms with Crippen molar-refractivity contribution in [3.05, 3.63) is 47.5 Å². The van der Waals surface area contributed by atoms with Gasteiger partial charge in [-0.05, 0) is 24.3 Å². The fourth-order valence-corrected chi connectivity index (χ4v) is 3.61. The maximum Gasteiger partial charge on any atom is 0.232 e. The first-order chi connectivity index (χ1) is 12.3. The Morgan fingerprint density at radius 3 is 2.65 bits per heavy atom. The number of rotatable bonds is 6. The predicted octanol–water partition coefficient (Wildman–Crippen LogP) is 2.86. The van der Waals surface area contributed by atoms with E-state index in [0.29, 0.717) is 27.9 Å². The molecule has 0 aromatic heterocycles. The van der Waals surface area contributed by atoms with Crippen molar-refractivity contribution < 1.29 is 22.7 Å². The van der Waals surface area contributed by atoms with E-state index in [1.807, 2.05) is 0 Å². The van der Waals surface area contributed by atoms with Crippen LogP contribution in [0.3, 0.4) is 0 Å². The van der Waals surface area contributed by atoms with Gasteiger partial charge in [-0.25, -0.2) is 8.42 Å². The SMILES string of the molecule is CS(=O)(=O)N(CCC(=O)Nc1ccccc1Cl)c1ccc2c(c1)OCO2. The standard InChI is InChI=1S/C17H17ClN2O5S/c1-26(22,23)20(12-6-7-15-16(10-12)25-11-24-15)9-8-17(21)19-14-5-3-2-4-13(14)18/h2-7,10H,8-9,11H2,1H3,(H,19,21). The number of amides is 1. The second-order valence-electron chi connectivity index (χ2n) is 5.65. The topological polar surface area (TPSA) is 84.9 Å². The molecule has 138 valence electrons. The largest absolute Gasteiger partial charge is 0.454 e. The summed E-state index contributed by atoms with van der Waals surface area (Å²) in [6.07, 6.45) is 1.05. The monoisotopic (exact) mass is 396 g/mol. The number of para-hydroxylation sites is 1. The Hall–Kier alpha value is -2.45. The zero-order valence-corrected chi connectivity index (χ0v) is 15.5. The Labute approximate surface area is 156 Å². The van der Waals surface area contributed by atoms with Crippen molar-refractivity contribution in [1.29, 1.82) is 0 Å². The van der Waals surface area contributed by atoms with Gasteiger partial charge in [-0.3, -0.25) is 9.10 Å². The number of anilines is 2. The minimum Gasteiger partial charge on any atom is -0.454 e. The van der Waals surface area contributed by atoms with Crippen LogP contribution in [0.15, 0.2) is 42.5 Å². The van der Waals surface area contributed by atoms with Gasteiger partial charge in [0.1, 0.15) is 0 Å². The Kier molecular flexibility index (Phi) is 5.24. The highest BCUT2D eigenvalue weighted by molar-refractivity contribution is 7.92. The van der Waals surface area contributed by atoms with Crippen LogP contribution in [0.4, 0.5) is 11.4 Å². The average Bonchev–Trinajstić information content (AvgIpc) is 3.03. The average molecular weight is 397 g/mol. The van der Waals surface area contributed by atoms with Gasteiger partial charge in [0.05, 0.1) is 22.7 Å². The van der Waals surface area contributed by atoms with Crippen molar-refractivity contribution in [2.75, 3.05) is 29.2 Å². The molecule has 0 spiro atoms. The molecule has 3 rings (SSSR count). The minimum absolute atomic E-state index is 0.0191. The summed E-state index contributed by atoms with van der Waals surface area (Å²) in [5.41, 5.74) is 0.885. The van der Waals surface area contributed by atoms with E-state index in [9.17, 15) is 13.2 Å². The summed E-state index contributed by atoms with van der Waals surface area (Å²) in [5, 5.41) is 3.09. The van der Waals surface area contributed by atoms with Crippen LogP contribution in [0.2, 0.25) is 5.02 Å². The van der Waals surface area contributed by atoms with Crippen LogP contribution in [-0.2, 0) is 14.8 Å². The normalized spacial score (nSPS) is 12.7. The summed E-state index contributed by atoms with van der Waals surface area (Å²) in [6, 6.07) is 11.7. The van der Waals surface area contributed by atoms with Gasteiger partial charge in [0.15, 0.2) is 11.5 Å². The van der Waals surface area contributed by atoms with Gasteiger partial charge in [-0.2, -0.15) is 0 Å². The van der Waals surface area contributed by atoms with E-state index in [2.05, 4.69) is 5.32 Å². The Morgan fingerprint density at radius 1 is 1.19 bits per heavy atom. The third kappa shape index (κ3) is 4.20. The van der Waals surface area contributed by atoms with Crippen LogP contribution >= 0.6 is 11.6 Å². The zero-order valence-electron chi connectivity index (χ0n) is 13.9. The summed E-state index contributed by atoms with van der Waals surface area (Å²) in [4.78, 5) is 12.2. The highest BCUT2D eigenvalue weighted by Gasteiger charge is 2.22. The number of fused-ring (bicyclic) bond motifs is 1.